The lowest BCUT2D eigenvalue weighted by molar-refractivity contribution is -0.140. The van der Waals surface area contributed by atoms with Gasteiger partial charge in [-0.1, -0.05) is 29.8 Å². The van der Waals surface area contributed by atoms with Crippen molar-refractivity contribution in [3.63, 3.8) is 0 Å². The number of amides is 1. The zero-order valence-corrected chi connectivity index (χ0v) is 19.5. The molecule has 36 heavy (non-hydrogen) atoms. The first-order chi connectivity index (χ1) is 17.1. The number of hydrogen-bond acceptors (Lipinski definition) is 4. The summed E-state index contributed by atoms with van der Waals surface area (Å²) in [6, 6.07) is 14.4. The fourth-order valence-corrected chi connectivity index (χ4v) is 4.16. The van der Waals surface area contributed by atoms with Crippen molar-refractivity contribution in [3.05, 3.63) is 87.9 Å². The molecule has 3 aromatic rings. The van der Waals surface area contributed by atoms with Gasteiger partial charge < -0.3 is 19.9 Å². The minimum Gasteiger partial charge on any atom is -0.493 e. The van der Waals surface area contributed by atoms with E-state index in [1.807, 2.05) is 0 Å². The molecule has 0 radical (unpaired) electrons. The van der Waals surface area contributed by atoms with Gasteiger partial charge in [0.15, 0.2) is 0 Å². The predicted molar refractivity (Wildman–Crippen MR) is 126 cm³/mol. The van der Waals surface area contributed by atoms with E-state index in [4.69, 9.17) is 21.1 Å². The highest BCUT2D eigenvalue weighted by atomic mass is 35.5. The topological polar surface area (TPSA) is 84.9 Å². The van der Waals surface area contributed by atoms with Gasteiger partial charge in [-0.2, -0.15) is 13.2 Å². The molecule has 2 N–H and O–H groups in total. The number of carbonyl (C=O) groups excluding carboxylic acids is 1. The molecule has 6 nitrogen and oxygen atoms in total. The van der Waals surface area contributed by atoms with Crippen molar-refractivity contribution in [2.75, 3.05) is 13.2 Å². The molecule has 0 saturated heterocycles. The van der Waals surface area contributed by atoms with E-state index in [-0.39, 0.29) is 35.9 Å². The van der Waals surface area contributed by atoms with Crippen molar-refractivity contribution < 1.29 is 37.3 Å². The molecule has 0 spiro atoms. The molecule has 3 aromatic carbocycles. The number of alkyl halides is 3. The maximum Gasteiger partial charge on any atom is 0.416 e. The van der Waals surface area contributed by atoms with Crippen LogP contribution in [0.1, 0.15) is 39.4 Å². The summed E-state index contributed by atoms with van der Waals surface area (Å²) in [5.74, 6) is -1.08. The third-order valence-corrected chi connectivity index (χ3v) is 6.04. The molecular formula is C26H21ClF3NO5. The van der Waals surface area contributed by atoms with E-state index in [1.165, 1.54) is 42.5 Å². The Hall–Kier alpha value is -3.72. The van der Waals surface area contributed by atoms with Crippen LogP contribution >= 0.6 is 11.6 Å². The molecule has 4 rings (SSSR count). The van der Waals surface area contributed by atoms with Crippen LogP contribution in [0.3, 0.4) is 0 Å². The van der Waals surface area contributed by atoms with Crippen molar-refractivity contribution in [1.82, 2.24) is 5.32 Å². The normalized spacial score (nSPS) is 14.9. The lowest BCUT2D eigenvalue weighted by Gasteiger charge is -2.24. The van der Waals surface area contributed by atoms with Crippen LogP contribution in [0.25, 0.3) is 0 Å². The molecule has 0 bridgehead atoms. The Kier molecular flexibility index (Phi) is 7.40. The number of carboxylic acids is 1. The molecule has 1 amide bonds. The van der Waals surface area contributed by atoms with E-state index in [0.717, 1.165) is 6.07 Å². The summed E-state index contributed by atoms with van der Waals surface area (Å²) in [6.07, 6.45) is -4.08. The third kappa shape index (κ3) is 5.73. The molecule has 1 unspecified atom stereocenters. The summed E-state index contributed by atoms with van der Waals surface area (Å²) >= 11 is 6.30. The molecule has 0 aliphatic carbocycles. The fraction of sp³-hybridized carbons (Fsp3) is 0.231. The van der Waals surface area contributed by atoms with Crippen molar-refractivity contribution >= 4 is 23.5 Å². The van der Waals surface area contributed by atoms with Crippen molar-refractivity contribution in [3.8, 4) is 17.2 Å². The zero-order chi connectivity index (χ0) is 25.9. The number of rotatable bonds is 7. The first-order valence-corrected chi connectivity index (χ1v) is 11.4. The van der Waals surface area contributed by atoms with Crippen LogP contribution in [0.2, 0.25) is 5.02 Å². The summed E-state index contributed by atoms with van der Waals surface area (Å²) < 4.78 is 50.7. The summed E-state index contributed by atoms with van der Waals surface area (Å²) in [6.45, 7) is 0.295. The van der Waals surface area contributed by atoms with Crippen LogP contribution in [0, 0.1) is 0 Å². The average Bonchev–Trinajstić information content (AvgIpc) is 2.84. The van der Waals surface area contributed by atoms with Gasteiger partial charge in [0.25, 0.3) is 5.91 Å². The van der Waals surface area contributed by atoms with Gasteiger partial charge in [-0.25, -0.2) is 0 Å². The largest absolute Gasteiger partial charge is 0.493 e. The van der Waals surface area contributed by atoms with Crippen LogP contribution in [0.4, 0.5) is 13.2 Å². The number of nitrogens with one attached hydrogen (secondary N) is 1. The molecule has 0 aromatic heterocycles. The van der Waals surface area contributed by atoms with Crippen molar-refractivity contribution in [1.29, 1.82) is 0 Å². The number of halogens is 4. The quantitative estimate of drug-likeness (QED) is 0.395. The highest BCUT2D eigenvalue weighted by Crippen LogP contribution is 2.41. The van der Waals surface area contributed by atoms with Crippen LogP contribution in [0.5, 0.6) is 17.2 Å². The Morgan fingerprint density at radius 3 is 2.53 bits per heavy atom. The van der Waals surface area contributed by atoms with Crippen LogP contribution in [-0.4, -0.2) is 30.1 Å². The minimum atomic E-state index is -4.46. The lowest BCUT2D eigenvalue weighted by Crippen LogP contribution is -2.26. The maximum absolute atomic E-state index is 13.1. The highest BCUT2D eigenvalue weighted by molar-refractivity contribution is 6.32. The fourth-order valence-electron chi connectivity index (χ4n) is 3.95. The van der Waals surface area contributed by atoms with Gasteiger partial charge in [0.2, 0.25) is 0 Å². The van der Waals surface area contributed by atoms with Crippen LogP contribution in [-0.2, 0) is 17.4 Å². The smallest absolute Gasteiger partial charge is 0.416 e. The second-order valence-corrected chi connectivity index (χ2v) is 8.54. The van der Waals surface area contributed by atoms with E-state index < -0.39 is 29.5 Å². The molecular weight excluding hydrogens is 499 g/mol. The number of benzene rings is 3. The molecule has 0 fully saturated rings. The molecule has 10 heteroatoms. The second kappa shape index (κ2) is 10.5. The summed E-state index contributed by atoms with van der Waals surface area (Å²) in [4.78, 5) is 23.9. The molecule has 1 heterocycles. The van der Waals surface area contributed by atoms with Crippen molar-refractivity contribution in [2.24, 2.45) is 0 Å². The standard InChI is InChI=1S/C26H21ClF3NO5/c27-21-13-19-18(25(33)34)10-12-35-22(19)14-23(21)36-17-7-5-16(6-8-17)24(32)31-11-9-15-3-1-2-4-20(15)26(28,29)30/h1-8,13-14,18H,9-12H2,(H,31,32)(H,33,34). The molecule has 188 valence electrons. The highest BCUT2D eigenvalue weighted by Gasteiger charge is 2.32. The molecule has 1 atom stereocenters. The van der Waals surface area contributed by atoms with Gasteiger partial charge in [0.1, 0.15) is 17.2 Å². The Balaban J connectivity index is 1.38. The Morgan fingerprint density at radius 1 is 1.11 bits per heavy atom. The predicted octanol–water partition coefficient (Wildman–Crippen LogP) is 6.07. The molecule has 1 aliphatic rings. The van der Waals surface area contributed by atoms with E-state index in [0.29, 0.717) is 29.0 Å². The number of aliphatic carboxylic acids is 1. The van der Waals surface area contributed by atoms with Crippen molar-refractivity contribution in [2.45, 2.75) is 24.9 Å². The van der Waals surface area contributed by atoms with Gasteiger partial charge in [-0.15, -0.1) is 0 Å². The number of carboxylic acid groups (broad SMARTS) is 1. The number of ether oxygens (including phenoxy) is 2. The number of hydrogen-bond donors (Lipinski definition) is 2. The number of fused-ring (bicyclic) bond motifs is 1. The van der Waals surface area contributed by atoms with Crippen LogP contribution in [0.15, 0.2) is 60.7 Å². The Morgan fingerprint density at radius 2 is 1.83 bits per heavy atom. The second-order valence-electron chi connectivity index (χ2n) is 8.14. The first kappa shape index (κ1) is 25.4. The zero-order valence-electron chi connectivity index (χ0n) is 18.8. The molecule has 1 aliphatic heterocycles. The van der Waals surface area contributed by atoms with Gasteiger partial charge in [-0.05, 0) is 54.8 Å². The lowest BCUT2D eigenvalue weighted by atomic mass is 9.93. The monoisotopic (exact) mass is 519 g/mol. The SMILES string of the molecule is O=C(NCCc1ccccc1C(F)(F)F)c1ccc(Oc2cc3c(cc2Cl)C(C(=O)O)CCO3)cc1. The average molecular weight is 520 g/mol. The number of carbonyl (C=O) groups is 2. The molecule has 0 saturated carbocycles. The summed E-state index contributed by atoms with van der Waals surface area (Å²) in [5.41, 5.74) is 0.173. The van der Waals surface area contributed by atoms with E-state index >= 15 is 0 Å². The minimum absolute atomic E-state index is 0.0320. The van der Waals surface area contributed by atoms with Crippen LogP contribution < -0.4 is 14.8 Å². The van der Waals surface area contributed by atoms with Gasteiger partial charge in [-0.3, -0.25) is 9.59 Å². The summed E-state index contributed by atoms with van der Waals surface area (Å²) in [7, 11) is 0. The maximum atomic E-state index is 13.1. The van der Waals surface area contributed by atoms with Gasteiger partial charge in [0.05, 0.1) is 23.1 Å². The van der Waals surface area contributed by atoms with E-state index in [2.05, 4.69) is 5.32 Å². The van der Waals surface area contributed by atoms with E-state index in [9.17, 15) is 27.9 Å². The Bertz CT molecular complexity index is 1280. The van der Waals surface area contributed by atoms with Gasteiger partial charge in [0, 0.05) is 23.7 Å². The third-order valence-electron chi connectivity index (χ3n) is 5.75. The first-order valence-electron chi connectivity index (χ1n) is 11.0. The summed E-state index contributed by atoms with van der Waals surface area (Å²) in [5, 5.41) is 12.2. The van der Waals surface area contributed by atoms with E-state index in [1.54, 1.807) is 12.1 Å². The Labute approximate surface area is 209 Å². The van der Waals surface area contributed by atoms with Gasteiger partial charge >= 0.3 is 12.1 Å².